The van der Waals surface area contributed by atoms with Gasteiger partial charge >= 0.3 is 0 Å². The monoisotopic (exact) mass is 250 g/mol. The van der Waals surface area contributed by atoms with Crippen molar-refractivity contribution in [3.63, 3.8) is 0 Å². The fraction of sp³-hybridized carbons (Fsp3) is 0.176. The zero-order valence-electron chi connectivity index (χ0n) is 11.6. The number of fused-ring (bicyclic) bond motifs is 1. The van der Waals surface area contributed by atoms with Gasteiger partial charge in [0.15, 0.2) is 0 Å². The van der Waals surface area contributed by atoms with Crippen LogP contribution in [0.2, 0.25) is 0 Å². The summed E-state index contributed by atoms with van der Waals surface area (Å²) in [4.78, 5) is 0. The summed E-state index contributed by atoms with van der Waals surface area (Å²) >= 11 is 0. The second kappa shape index (κ2) is 4.16. The van der Waals surface area contributed by atoms with E-state index in [1.54, 1.807) is 0 Å². The van der Waals surface area contributed by atoms with Crippen molar-refractivity contribution in [3.05, 3.63) is 59.3 Å². The molecule has 0 fully saturated rings. The molecule has 0 unspecified atom stereocenters. The lowest BCUT2D eigenvalue weighted by Crippen LogP contribution is -1.97. The van der Waals surface area contributed by atoms with E-state index < -0.39 is 0 Å². The molecule has 3 rings (SSSR count). The van der Waals surface area contributed by atoms with Gasteiger partial charge in [-0.15, -0.1) is 0 Å². The van der Waals surface area contributed by atoms with Gasteiger partial charge in [-0.1, -0.05) is 18.2 Å². The summed E-state index contributed by atoms with van der Waals surface area (Å²) in [7, 11) is 0. The molecule has 0 amide bonds. The van der Waals surface area contributed by atoms with Crippen LogP contribution in [0.25, 0.3) is 16.6 Å². The minimum atomic E-state index is 0.799. The Bertz CT molecular complexity index is 766. The standard InChI is InChI=1S/C17H18N2/c1-11-4-7-15-13(3)10-19(17(15)8-11)16-9-14(18)6-5-12(16)2/h4-10H,18H2,1-3H3. The summed E-state index contributed by atoms with van der Waals surface area (Å²) in [5, 5.41) is 1.30. The molecule has 0 radical (unpaired) electrons. The number of aryl methyl sites for hydroxylation is 3. The van der Waals surface area contributed by atoms with Gasteiger partial charge in [0.25, 0.3) is 0 Å². The van der Waals surface area contributed by atoms with E-state index in [1.165, 1.54) is 27.6 Å². The smallest absolute Gasteiger partial charge is 0.0533 e. The summed E-state index contributed by atoms with van der Waals surface area (Å²) in [5.41, 5.74) is 12.9. The van der Waals surface area contributed by atoms with Crippen LogP contribution in [-0.2, 0) is 0 Å². The van der Waals surface area contributed by atoms with E-state index in [0.29, 0.717) is 0 Å². The summed E-state index contributed by atoms with van der Waals surface area (Å²) in [6, 6.07) is 12.6. The molecule has 0 aliphatic heterocycles. The fourth-order valence-electron chi connectivity index (χ4n) is 2.59. The van der Waals surface area contributed by atoms with Gasteiger partial charge in [-0.2, -0.15) is 0 Å². The highest BCUT2D eigenvalue weighted by Gasteiger charge is 2.09. The van der Waals surface area contributed by atoms with Gasteiger partial charge in [-0.25, -0.2) is 0 Å². The number of hydrogen-bond acceptors (Lipinski definition) is 1. The second-order valence-electron chi connectivity index (χ2n) is 5.25. The maximum Gasteiger partial charge on any atom is 0.0533 e. The molecule has 0 atom stereocenters. The number of nitrogens with zero attached hydrogens (tertiary/aromatic N) is 1. The van der Waals surface area contributed by atoms with Crippen LogP contribution >= 0.6 is 0 Å². The minimum absolute atomic E-state index is 0.799. The van der Waals surface area contributed by atoms with E-state index in [-0.39, 0.29) is 0 Å². The topological polar surface area (TPSA) is 30.9 Å². The Labute approximate surface area is 113 Å². The molecular formula is C17H18N2. The van der Waals surface area contributed by atoms with Gasteiger partial charge in [-0.3, -0.25) is 0 Å². The lowest BCUT2D eigenvalue weighted by atomic mass is 10.1. The maximum atomic E-state index is 5.93. The van der Waals surface area contributed by atoms with Crippen molar-refractivity contribution in [2.45, 2.75) is 20.8 Å². The molecule has 0 saturated carbocycles. The Morgan fingerprint density at radius 2 is 1.68 bits per heavy atom. The largest absolute Gasteiger partial charge is 0.399 e. The van der Waals surface area contributed by atoms with Crippen LogP contribution in [0.4, 0.5) is 5.69 Å². The second-order valence-corrected chi connectivity index (χ2v) is 5.25. The van der Waals surface area contributed by atoms with Gasteiger partial charge in [0, 0.05) is 17.3 Å². The molecule has 96 valence electrons. The third kappa shape index (κ3) is 1.89. The minimum Gasteiger partial charge on any atom is -0.399 e. The first-order chi connectivity index (χ1) is 9.06. The molecular weight excluding hydrogens is 232 g/mol. The predicted molar refractivity (Wildman–Crippen MR) is 81.9 cm³/mol. The van der Waals surface area contributed by atoms with E-state index in [4.69, 9.17) is 5.73 Å². The lowest BCUT2D eigenvalue weighted by molar-refractivity contribution is 1.10. The Morgan fingerprint density at radius 3 is 2.47 bits per heavy atom. The molecule has 0 saturated heterocycles. The van der Waals surface area contributed by atoms with Crippen LogP contribution in [0, 0.1) is 20.8 Å². The van der Waals surface area contributed by atoms with E-state index in [0.717, 1.165) is 11.4 Å². The molecule has 2 aromatic carbocycles. The van der Waals surface area contributed by atoms with Crippen LogP contribution in [0.15, 0.2) is 42.6 Å². The molecule has 2 heteroatoms. The molecule has 3 aromatic rings. The van der Waals surface area contributed by atoms with Gasteiger partial charge in [0.2, 0.25) is 0 Å². The van der Waals surface area contributed by atoms with Crippen molar-refractivity contribution in [2.75, 3.05) is 5.73 Å². The normalized spacial score (nSPS) is 11.1. The zero-order chi connectivity index (χ0) is 13.6. The van der Waals surface area contributed by atoms with Crippen LogP contribution in [0.3, 0.4) is 0 Å². The SMILES string of the molecule is Cc1ccc2c(C)cn(-c3cc(N)ccc3C)c2c1. The molecule has 19 heavy (non-hydrogen) atoms. The van der Waals surface area contributed by atoms with E-state index in [1.807, 2.05) is 12.1 Å². The molecule has 0 aliphatic carbocycles. The summed E-state index contributed by atoms with van der Waals surface area (Å²) in [6.45, 7) is 6.39. The predicted octanol–water partition coefficient (Wildman–Crippen LogP) is 4.14. The summed E-state index contributed by atoms with van der Waals surface area (Å²) < 4.78 is 2.24. The zero-order valence-corrected chi connectivity index (χ0v) is 11.6. The van der Waals surface area contributed by atoms with Crippen LogP contribution in [0.1, 0.15) is 16.7 Å². The first kappa shape index (κ1) is 11.8. The molecule has 0 bridgehead atoms. The summed E-state index contributed by atoms with van der Waals surface area (Å²) in [5.74, 6) is 0. The Balaban J connectivity index is 2.36. The number of nitrogen functional groups attached to an aromatic ring is 1. The van der Waals surface area contributed by atoms with Gasteiger partial charge in [0.1, 0.15) is 0 Å². The number of rotatable bonds is 1. The summed E-state index contributed by atoms with van der Waals surface area (Å²) in [6.07, 6.45) is 2.19. The van der Waals surface area contributed by atoms with E-state index >= 15 is 0 Å². The van der Waals surface area contributed by atoms with Crippen molar-refractivity contribution in [1.82, 2.24) is 4.57 Å². The number of aromatic nitrogens is 1. The first-order valence-corrected chi connectivity index (χ1v) is 6.51. The van der Waals surface area contributed by atoms with Crippen molar-refractivity contribution < 1.29 is 0 Å². The molecule has 2 N–H and O–H groups in total. The van der Waals surface area contributed by atoms with Gasteiger partial charge in [-0.05, 0) is 55.7 Å². The molecule has 2 nitrogen and oxygen atoms in total. The Kier molecular flexibility index (Phi) is 2.59. The molecule has 0 spiro atoms. The van der Waals surface area contributed by atoms with Crippen LogP contribution < -0.4 is 5.73 Å². The van der Waals surface area contributed by atoms with Crippen LogP contribution in [0.5, 0.6) is 0 Å². The number of nitrogens with two attached hydrogens (primary N) is 1. The molecule has 0 aliphatic rings. The van der Waals surface area contributed by atoms with Gasteiger partial charge < -0.3 is 10.3 Å². The molecule has 1 heterocycles. The molecule has 1 aromatic heterocycles. The third-order valence-corrected chi connectivity index (χ3v) is 3.65. The average Bonchev–Trinajstić information content (AvgIpc) is 2.69. The van der Waals surface area contributed by atoms with Gasteiger partial charge in [0.05, 0.1) is 11.2 Å². The van der Waals surface area contributed by atoms with Crippen molar-refractivity contribution in [3.8, 4) is 5.69 Å². The maximum absolute atomic E-state index is 5.93. The van der Waals surface area contributed by atoms with E-state index in [9.17, 15) is 0 Å². The third-order valence-electron chi connectivity index (χ3n) is 3.65. The van der Waals surface area contributed by atoms with E-state index in [2.05, 4.69) is 55.8 Å². The number of anilines is 1. The average molecular weight is 250 g/mol. The first-order valence-electron chi connectivity index (χ1n) is 6.51. The lowest BCUT2D eigenvalue weighted by Gasteiger charge is -2.10. The highest BCUT2D eigenvalue weighted by atomic mass is 15.0. The Morgan fingerprint density at radius 1 is 0.895 bits per heavy atom. The quantitative estimate of drug-likeness (QED) is 0.647. The van der Waals surface area contributed by atoms with Crippen molar-refractivity contribution in [1.29, 1.82) is 0 Å². The van der Waals surface area contributed by atoms with Crippen molar-refractivity contribution in [2.24, 2.45) is 0 Å². The fourth-order valence-corrected chi connectivity index (χ4v) is 2.59. The van der Waals surface area contributed by atoms with Crippen molar-refractivity contribution >= 4 is 16.6 Å². The highest BCUT2D eigenvalue weighted by Crippen LogP contribution is 2.27. The van der Waals surface area contributed by atoms with Crippen LogP contribution in [-0.4, -0.2) is 4.57 Å². The Hall–Kier alpha value is -2.22. The highest BCUT2D eigenvalue weighted by molar-refractivity contribution is 5.86. The number of hydrogen-bond donors (Lipinski definition) is 1. The number of benzene rings is 2.